The number of pyridine rings is 3. The molecule has 0 aliphatic carbocycles. The maximum Gasteiger partial charge on any atom is 0.411 e. The third-order valence-corrected chi connectivity index (χ3v) is 5.14. The Hall–Kier alpha value is -3.75. The smallest absolute Gasteiger partial charge is 0.411 e. The van der Waals surface area contributed by atoms with Gasteiger partial charge in [0.05, 0.1) is 12.1 Å². The van der Waals surface area contributed by atoms with Gasteiger partial charge >= 0.3 is 6.09 Å². The zero-order valence-electron chi connectivity index (χ0n) is 19.2. The fourth-order valence-corrected chi connectivity index (χ4v) is 3.55. The molecule has 0 spiro atoms. The number of anilines is 1. The summed E-state index contributed by atoms with van der Waals surface area (Å²) in [6, 6.07) is 5.56. The highest BCUT2D eigenvalue weighted by Crippen LogP contribution is 2.16. The molecule has 9 nitrogen and oxygen atoms in total. The van der Waals surface area contributed by atoms with Crippen LogP contribution in [0.2, 0.25) is 0 Å². The molecule has 0 bridgehead atoms. The van der Waals surface area contributed by atoms with Crippen LogP contribution in [0.5, 0.6) is 0 Å². The molecule has 3 aromatic rings. The summed E-state index contributed by atoms with van der Waals surface area (Å²) in [5, 5.41) is 6.29. The summed E-state index contributed by atoms with van der Waals surface area (Å²) in [5.41, 5.74) is 2.62. The van der Waals surface area contributed by atoms with Crippen LogP contribution in [-0.2, 0) is 29.0 Å². The first kappa shape index (κ1) is 23.9. The second kappa shape index (κ2) is 11.2. The number of nitrogens with zero attached hydrogens (tertiary/aromatic N) is 3. The normalized spacial score (nSPS) is 10.8. The molecule has 0 fully saturated rings. The molecule has 3 heterocycles. The highest BCUT2D eigenvalue weighted by atomic mass is 16.5. The van der Waals surface area contributed by atoms with Crippen molar-refractivity contribution in [1.29, 1.82) is 0 Å². The molecule has 2 amide bonds. The zero-order chi connectivity index (χ0) is 23.8. The summed E-state index contributed by atoms with van der Waals surface area (Å²) >= 11 is 0. The van der Waals surface area contributed by atoms with Crippen LogP contribution in [0.25, 0.3) is 10.9 Å². The Labute approximate surface area is 192 Å². The van der Waals surface area contributed by atoms with Crippen molar-refractivity contribution in [2.45, 2.75) is 53.1 Å². The van der Waals surface area contributed by atoms with Crippen LogP contribution in [0.15, 0.2) is 41.6 Å². The van der Waals surface area contributed by atoms with E-state index >= 15 is 0 Å². The average molecular weight is 452 g/mol. The minimum Gasteiger partial charge on any atom is -0.449 e. The predicted molar refractivity (Wildman–Crippen MR) is 126 cm³/mol. The van der Waals surface area contributed by atoms with Gasteiger partial charge in [-0.1, -0.05) is 20.3 Å². The number of fused-ring (bicyclic) bond motifs is 1. The summed E-state index contributed by atoms with van der Waals surface area (Å²) in [6.45, 7) is 5.96. The number of nitrogens with one attached hydrogen (secondary N) is 2. The largest absolute Gasteiger partial charge is 0.449 e. The van der Waals surface area contributed by atoms with E-state index in [1.165, 1.54) is 4.57 Å². The molecule has 33 heavy (non-hydrogen) atoms. The lowest BCUT2D eigenvalue weighted by atomic mass is 10.1. The van der Waals surface area contributed by atoms with Gasteiger partial charge in [-0.15, -0.1) is 0 Å². The standard InChI is InChI=1S/C24H29N5O4/c1-4-7-17-11-16(3)29(23(31)22(17)28-24(32)33-10-5-2)15-20(30)27-14-19-13-25-12-18-8-6-9-26-21(18)19/h6,8-9,11-13H,4-5,7,10,14-15H2,1-3H3,(H,27,30)(H,28,32). The van der Waals surface area contributed by atoms with E-state index in [4.69, 9.17) is 4.74 Å². The third kappa shape index (κ3) is 5.94. The molecule has 0 atom stereocenters. The molecule has 0 unspecified atom stereocenters. The van der Waals surface area contributed by atoms with Crippen molar-refractivity contribution >= 4 is 28.6 Å². The van der Waals surface area contributed by atoms with Gasteiger partial charge in [0.25, 0.3) is 5.56 Å². The first-order valence-electron chi connectivity index (χ1n) is 11.1. The van der Waals surface area contributed by atoms with E-state index in [-0.39, 0.29) is 31.3 Å². The van der Waals surface area contributed by atoms with Crippen molar-refractivity contribution in [3.63, 3.8) is 0 Å². The molecule has 3 rings (SSSR count). The lowest BCUT2D eigenvalue weighted by molar-refractivity contribution is -0.121. The maximum absolute atomic E-state index is 13.2. The fourth-order valence-electron chi connectivity index (χ4n) is 3.55. The minimum atomic E-state index is -0.679. The number of hydrogen-bond acceptors (Lipinski definition) is 6. The van der Waals surface area contributed by atoms with E-state index < -0.39 is 11.7 Å². The van der Waals surface area contributed by atoms with Gasteiger partial charge in [-0.05, 0) is 43.5 Å². The van der Waals surface area contributed by atoms with Gasteiger partial charge in [0, 0.05) is 41.8 Å². The molecule has 0 aromatic carbocycles. The quantitative estimate of drug-likeness (QED) is 0.516. The predicted octanol–water partition coefficient (Wildman–Crippen LogP) is 3.33. The SMILES string of the molecule is CCCOC(=O)Nc1c(CCC)cc(C)n(CC(=O)NCc2cncc3cccnc23)c1=O. The van der Waals surface area contributed by atoms with Crippen LogP contribution in [0.3, 0.4) is 0 Å². The maximum atomic E-state index is 13.2. The van der Waals surface area contributed by atoms with E-state index in [0.717, 1.165) is 28.5 Å². The molecule has 2 N–H and O–H groups in total. The number of amides is 2. The van der Waals surface area contributed by atoms with Crippen LogP contribution in [0.4, 0.5) is 10.5 Å². The Morgan fingerprint density at radius 3 is 2.73 bits per heavy atom. The first-order valence-corrected chi connectivity index (χ1v) is 11.1. The van der Waals surface area contributed by atoms with Crippen molar-refractivity contribution in [1.82, 2.24) is 19.9 Å². The van der Waals surface area contributed by atoms with Crippen LogP contribution >= 0.6 is 0 Å². The Kier molecular flexibility index (Phi) is 8.12. The van der Waals surface area contributed by atoms with Crippen LogP contribution in [-0.4, -0.2) is 33.1 Å². The number of aryl methyl sites for hydroxylation is 2. The van der Waals surface area contributed by atoms with Crippen molar-refractivity contribution < 1.29 is 14.3 Å². The van der Waals surface area contributed by atoms with Crippen molar-refractivity contribution in [3.8, 4) is 0 Å². The number of ether oxygens (including phenoxy) is 1. The highest BCUT2D eigenvalue weighted by molar-refractivity contribution is 5.85. The Morgan fingerprint density at radius 2 is 1.97 bits per heavy atom. The van der Waals surface area contributed by atoms with Gasteiger partial charge in [-0.3, -0.25) is 24.9 Å². The number of hydrogen-bond donors (Lipinski definition) is 2. The number of rotatable bonds is 9. The summed E-state index contributed by atoms with van der Waals surface area (Å²) < 4.78 is 6.42. The van der Waals surface area contributed by atoms with Crippen LogP contribution in [0.1, 0.15) is 43.5 Å². The second-order valence-corrected chi connectivity index (χ2v) is 7.74. The summed E-state index contributed by atoms with van der Waals surface area (Å²) in [7, 11) is 0. The van der Waals surface area contributed by atoms with Crippen molar-refractivity contribution in [3.05, 3.63) is 64.0 Å². The van der Waals surface area contributed by atoms with E-state index in [1.807, 2.05) is 32.0 Å². The van der Waals surface area contributed by atoms with Gasteiger partial charge in [-0.25, -0.2) is 4.79 Å². The van der Waals surface area contributed by atoms with Gasteiger partial charge < -0.3 is 14.6 Å². The molecule has 0 aliphatic rings. The van der Waals surface area contributed by atoms with E-state index in [2.05, 4.69) is 20.6 Å². The number of carbonyl (C=O) groups excluding carboxylic acids is 2. The van der Waals surface area contributed by atoms with E-state index in [0.29, 0.717) is 18.5 Å². The lowest BCUT2D eigenvalue weighted by Crippen LogP contribution is -2.35. The molecule has 0 radical (unpaired) electrons. The van der Waals surface area contributed by atoms with Crippen LogP contribution in [0, 0.1) is 6.92 Å². The molecule has 0 saturated heterocycles. The van der Waals surface area contributed by atoms with Crippen molar-refractivity contribution in [2.24, 2.45) is 0 Å². The molecular formula is C24H29N5O4. The molecule has 3 aromatic heterocycles. The van der Waals surface area contributed by atoms with Crippen LogP contribution < -0.4 is 16.2 Å². The van der Waals surface area contributed by atoms with Gasteiger partial charge in [-0.2, -0.15) is 0 Å². The van der Waals surface area contributed by atoms with Gasteiger partial charge in [0.15, 0.2) is 0 Å². The second-order valence-electron chi connectivity index (χ2n) is 7.74. The molecule has 9 heteroatoms. The first-order chi connectivity index (χ1) is 15.9. The van der Waals surface area contributed by atoms with Crippen molar-refractivity contribution in [2.75, 3.05) is 11.9 Å². The summed E-state index contributed by atoms with van der Waals surface area (Å²) in [5.74, 6) is -0.337. The molecular weight excluding hydrogens is 422 g/mol. The number of aromatic nitrogens is 3. The Balaban J connectivity index is 1.78. The van der Waals surface area contributed by atoms with E-state index in [1.54, 1.807) is 25.5 Å². The Bertz CT molecular complexity index is 1200. The summed E-state index contributed by atoms with van der Waals surface area (Å²) in [6.07, 6.45) is 6.49. The number of carbonyl (C=O) groups is 2. The fraction of sp³-hybridized carbons (Fsp3) is 0.375. The molecule has 174 valence electrons. The minimum absolute atomic E-state index is 0.152. The van der Waals surface area contributed by atoms with E-state index in [9.17, 15) is 14.4 Å². The third-order valence-electron chi connectivity index (χ3n) is 5.14. The Morgan fingerprint density at radius 1 is 1.15 bits per heavy atom. The van der Waals surface area contributed by atoms with Gasteiger partial charge in [0.2, 0.25) is 5.91 Å². The average Bonchev–Trinajstić information content (AvgIpc) is 2.81. The molecule has 0 aliphatic heterocycles. The lowest BCUT2D eigenvalue weighted by Gasteiger charge is -2.16. The highest BCUT2D eigenvalue weighted by Gasteiger charge is 2.17. The summed E-state index contributed by atoms with van der Waals surface area (Å²) in [4.78, 5) is 46.5. The van der Waals surface area contributed by atoms with Gasteiger partial charge in [0.1, 0.15) is 12.2 Å². The topological polar surface area (TPSA) is 115 Å². The molecule has 0 saturated carbocycles. The monoisotopic (exact) mass is 451 g/mol. The zero-order valence-corrected chi connectivity index (χ0v) is 19.2.